The summed E-state index contributed by atoms with van der Waals surface area (Å²) >= 11 is 0. The smallest absolute Gasteiger partial charge is 0.0755 e. The number of fused-ring (bicyclic) bond motifs is 1. The standard InChI is InChI=1S/C16H24N2O/c1-2-10-18-11-7-16(19,8-12-18)14-6-5-13-4-3-9-17-15(13)14/h3-4,9,14,19H,2,5-8,10-12H2,1H3. The van der Waals surface area contributed by atoms with Crippen LogP contribution >= 0.6 is 0 Å². The first-order chi connectivity index (χ1) is 9.23. The van der Waals surface area contributed by atoms with Crippen LogP contribution in [0.4, 0.5) is 0 Å². The molecule has 1 aromatic rings. The molecule has 0 saturated carbocycles. The number of pyridine rings is 1. The highest BCUT2D eigenvalue weighted by Gasteiger charge is 2.43. The molecule has 0 amide bonds. The van der Waals surface area contributed by atoms with Crippen molar-refractivity contribution in [2.24, 2.45) is 0 Å². The van der Waals surface area contributed by atoms with Crippen molar-refractivity contribution in [2.45, 2.75) is 50.5 Å². The number of aromatic nitrogens is 1. The van der Waals surface area contributed by atoms with Crippen LogP contribution < -0.4 is 0 Å². The SMILES string of the molecule is CCCN1CCC(O)(C2CCc3cccnc32)CC1. The Labute approximate surface area is 115 Å². The third-order valence-electron chi connectivity index (χ3n) is 4.87. The molecule has 0 spiro atoms. The molecule has 2 heterocycles. The van der Waals surface area contributed by atoms with Gasteiger partial charge < -0.3 is 10.0 Å². The van der Waals surface area contributed by atoms with Crippen molar-refractivity contribution in [3.8, 4) is 0 Å². The second-order valence-electron chi connectivity index (χ2n) is 6.08. The van der Waals surface area contributed by atoms with Crippen molar-refractivity contribution in [1.29, 1.82) is 0 Å². The Hall–Kier alpha value is -0.930. The van der Waals surface area contributed by atoms with Crippen LogP contribution in [0, 0.1) is 0 Å². The molecule has 1 unspecified atom stereocenters. The van der Waals surface area contributed by atoms with Crippen LogP contribution in [0.2, 0.25) is 0 Å². The molecule has 3 heteroatoms. The fourth-order valence-corrected chi connectivity index (χ4v) is 3.76. The van der Waals surface area contributed by atoms with Crippen LogP contribution in [0.3, 0.4) is 0 Å². The highest BCUT2D eigenvalue weighted by atomic mass is 16.3. The molecule has 1 N–H and O–H groups in total. The number of likely N-dealkylation sites (tertiary alicyclic amines) is 1. The summed E-state index contributed by atoms with van der Waals surface area (Å²) in [6.07, 6.45) is 7.01. The molecule has 0 radical (unpaired) electrons. The summed E-state index contributed by atoms with van der Waals surface area (Å²) in [7, 11) is 0. The Morgan fingerprint density at radius 1 is 1.42 bits per heavy atom. The summed E-state index contributed by atoms with van der Waals surface area (Å²) in [5, 5.41) is 11.0. The number of hydrogen-bond donors (Lipinski definition) is 1. The lowest BCUT2D eigenvalue weighted by atomic mass is 9.78. The van der Waals surface area contributed by atoms with Gasteiger partial charge in [0.2, 0.25) is 0 Å². The predicted molar refractivity (Wildman–Crippen MR) is 76.2 cm³/mol. The fraction of sp³-hybridized carbons (Fsp3) is 0.688. The van der Waals surface area contributed by atoms with Gasteiger partial charge in [-0.25, -0.2) is 0 Å². The van der Waals surface area contributed by atoms with Gasteiger partial charge >= 0.3 is 0 Å². The molecule has 104 valence electrons. The second kappa shape index (κ2) is 5.22. The van der Waals surface area contributed by atoms with E-state index in [1.54, 1.807) is 0 Å². The lowest BCUT2D eigenvalue weighted by molar-refractivity contribution is -0.0434. The first kappa shape index (κ1) is 13.1. The van der Waals surface area contributed by atoms with Crippen molar-refractivity contribution < 1.29 is 5.11 Å². The number of aryl methyl sites for hydroxylation is 1. The average molecular weight is 260 g/mol. The van der Waals surface area contributed by atoms with E-state index >= 15 is 0 Å². The molecular formula is C16H24N2O. The van der Waals surface area contributed by atoms with Gasteiger partial charge in [0.1, 0.15) is 0 Å². The van der Waals surface area contributed by atoms with E-state index in [-0.39, 0.29) is 5.92 Å². The van der Waals surface area contributed by atoms with Crippen LogP contribution in [0.5, 0.6) is 0 Å². The minimum absolute atomic E-state index is 0.257. The van der Waals surface area contributed by atoms with E-state index < -0.39 is 5.60 Å². The molecule has 3 rings (SSSR count). The number of aliphatic hydroxyl groups is 1. The maximum absolute atomic E-state index is 11.0. The van der Waals surface area contributed by atoms with Crippen LogP contribution in [0.25, 0.3) is 0 Å². The lowest BCUT2D eigenvalue weighted by Crippen LogP contribution is -2.47. The largest absolute Gasteiger partial charge is 0.389 e. The Morgan fingerprint density at radius 3 is 2.95 bits per heavy atom. The van der Waals surface area contributed by atoms with Crippen molar-refractivity contribution in [2.75, 3.05) is 19.6 Å². The van der Waals surface area contributed by atoms with Gasteiger partial charge in [0.05, 0.1) is 5.60 Å². The summed E-state index contributed by atoms with van der Waals surface area (Å²) in [5.74, 6) is 0.257. The summed E-state index contributed by atoms with van der Waals surface area (Å²) in [4.78, 5) is 7.02. The minimum atomic E-state index is -0.524. The molecule has 2 aliphatic rings. The van der Waals surface area contributed by atoms with Gasteiger partial charge in [0, 0.05) is 30.9 Å². The Bertz CT molecular complexity index is 438. The fourth-order valence-electron chi connectivity index (χ4n) is 3.76. The summed E-state index contributed by atoms with van der Waals surface area (Å²) in [6, 6.07) is 4.17. The van der Waals surface area contributed by atoms with Gasteiger partial charge in [-0.1, -0.05) is 13.0 Å². The van der Waals surface area contributed by atoms with E-state index in [9.17, 15) is 5.11 Å². The monoisotopic (exact) mass is 260 g/mol. The molecular weight excluding hydrogens is 236 g/mol. The summed E-state index contributed by atoms with van der Waals surface area (Å²) < 4.78 is 0. The van der Waals surface area contributed by atoms with E-state index in [1.807, 2.05) is 12.3 Å². The van der Waals surface area contributed by atoms with Gasteiger partial charge in [-0.2, -0.15) is 0 Å². The van der Waals surface area contributed by atoms with Crippen molar-refractivity contribution in [1.82, 2.24) is 9.88 Å². The second-order valence-corrected chi connectivity index (χ2v) is 6.08. The first-order valence-corrected chi connectivity index (χ1v) is 7.61. The van der Waals surface area contributed by atoms with Crippen LogP contribution in [-0.2, 0) is 6.42 Å². The molecule has 1 fully saturated rings. The van der Waals surface area contributed by atoms with Crippen LogP contribution in [0.15, 0.2) is 18.3 Å². The predicted octanol–water partition coefficient (Wildman–Crippen LogP) is 2.35. The molecule has 3 nitrogen and oxygen atoms in total. The third kappa shape index (κ3) is 2.41. The molecule has 1 saturated heterocycles. The van der Waals surface area contributed by atoms with Gasteiger partial charge in [0.25, 0.3) is 0 Å². The minimum Gasteiger partial charge on any atom is -0.389 e. The zero-order chi connectivity index (χ0) is 13.3. The maximum Gasteiger partial charge on any atom is 0.0755 e. The maximum atomic E-state index is 11.0. The van der Waals surface area contributed by atoms with E-state index in [0.29, 0.717) is 0 Å². The molecule has 1 atom stereocenters. The quantitative estimate of drug-likeness (QED) is 0.906. The molecule has 1 aliphatic heterocycles. The average Bonchev–Trinajstić information content (AvgIpc) is 2.86. The van der Waals surface area contributed by atoms with Crippen molar-refractivity contribution in [3.63, 3.8) is 0 Å². The topological polar surface area (TPSA) is 36.4 Å². The summed E-state index contributed by atoms with van der Waals surface area (Å²) in [5.41, 5.74) is 1.98. The molecule has 1 aromatic heterocycles. The molecule has 19 heavy (non-hydrogen) atoms. The van der Waals surface area contributed by atoms with Crippen molar-refractivity contribution in [3.05, 3.63) is 29.6 Å². The van der Waals surface area contributed by atoms with Crippen LogP contribution in [-0.4, -0.2) is 40.2 Å². The Morgan fingerprint density at radius 2 is 2.21 bits per heavy atom. The highest BCUT2D eigenvalue weighted by Crippen LogP contribution is 2.43. The van der Waals surface area contributed by atoms with Crippen molar-refractivity contribution >= 4 is 0 Å². The van der Waals surface area contributed by atoms with E-state index in [4.69, 9.17) is 0 Å². The summed E-state index contributed by atoms with van der Waals surface area (Å²) in [6.45, 7) is 5.44. The molecule has 0 aromatic carbocycles. The van der Waals surface area contributed by atoms with Gasteiger partial charge in [-0.15, -0.1) is 0 Å². The Kier molecular flexibility index (Phi) is 3.59. The zero-order valence-electron chi connectivity index (χ0n) is 11.8. The first-order valence-electron chi connectivity index (χ1n) is 7.61. The van der Waals surface area contributed by atoms with Gasteiger partial charge in [-0.05, 0) is 50.3 Å². The third-order valence-corrected chi connectivity index (χ3v) is 4.87. The van der Waals surface area contributed by atoms with Crippen LogP contribution in [0.1, 0.15) is 49.8 Å². The Balaban J connectivity index is 1.73. The van der Waals surface area contributed by atoms with E-state index in [0.717, 1.165) is 51.0 Å². The van der Waals surface area contributed by atoms with Gasteiger partial charge in [0.15, 0.2) is 0 Å². The zero-order valence-corrected chi connectivity index (χ0v) is 11.8. The highest BCUT2D eigenvalue weighted by molar-refractivity contribution is 5.31. The lowest BCUT2D eigenvalue weighted by Gasteiger charge is -2.41. The molecule has 0 bridgehead atoms. The normalized spacial score (nSPS) is 26.3. The molecule has 1 aliphatic carbocycles. The number of nitrogens with zero attached hydrogens (tertiary/aromatic N) is 2. The number of piperidine rings is 1. The number of hydrogen-bond acceptors (Lipinski definition) is 3. The number of rotatable bonds is 3. The van der Waals surface area contributed by atoms with E-state index in [2.05, 4.69) is 22.9 Å². The van der Waals surface area contributed by atoms with E-state index in [1.165, 1.54) is 12.0 Å². The van der Waals surface area contributed by atoms with Gasteiger partial charge in [-0.3, -0.25) is 4.98 Å².